The number of nitrogens with zero attached hydrogens (tertiary/aromatic N) is 3. The zero-order valence-corrected chi connectivity index (χ0v) is 15.5. The van der Waals surface area contributed by atoms with Crippen LogP contribution in [0.1, 0.15) is 0 Å². The molecular weight excluding hydrogens is 334 g/mol. The lowest BCUT2D eigenvalue weighted by atomic mass is 10.2. The van der Waals surface area contributed by atoms with Crippen molar-refractivity contribution in [1.82, 2.24) is 4.90 Å². The number of benzene rings is 1. The first-order valence-corrected chi connectivity index (χ1v) is 9.56. The predicted molar refractivity (Wildman–Crippen MR) is 107 cm³/mol. The molecule has 5 nitrogen and oxygen atoms in total. The summed E-state index contributed by atoms with van der Waals surface area (Å²) in [5, 5.41) is 0. The Labute approximate surface area is 152 Å². The largest absolute Gasteiger partial charge is 0.497 e. The molecule has 0 aliphatic carbocycles. The van der Waals surface area contributed by atoms with E-state index in [1.54, 1.807) is 13.2 Å². The Bertz CT molecular complexity index is 672. The van der Waals surface area contributed by atoms with Gasteiger partial charge in [-0.1, -0.05) is 19.2 Å². The minimum absolute atomic E-state index is 0.528. The number of aliphatic imine (C=N–C) groups is 1. The second-order valence-electron chi connectivity index (χ2n) is 5.59. The second kappa shape index (κ2) is 9.22. The van der Waals surface area contributed by atoms with Crippen LogP contribution < -0.4 is 9.64 Å². The van der Waals surface area contributed by atoms with E-state index in [-0.39, 0.29) is 0 Å². The van der Waals surface area contributed by atoms with Crippen molar-refractivity contribution in [3.63, 3.8) is 0 Å². The van der Waals surface area contributed by atoms with Crippen molar-refractivity contribution in [2.45, 2.75) is 0 Å². The molecule has 0 aromatic heterocycles. The van der Waals surface area contributed by atoms with E-state index in [1.165, 1.54) is 0 Å². The highest BCUT2D eigenvalue weighted by Gasteiger charge is 2.22. The molecule has 1 aliphatic rings. The lowest BCUT2D eigenvalue weighted by molar-refractivity contribution is 0.366. The normalized spacial score (nSPS) is 15.6. The van der Waals surface area contributed by atoms with Gasteiger partial charge >= 0.3 is 0 Å². The van der Waals surface area contributed by atoms with Crippen LogP contribution in [-0.2, 0) is 10.8 Å². The average Bonchev–Trinajstić information content (AvgIpc) is 2.65. The van der Waals surface area contributed by atoms with Gasteiger partial charge in [-0.2, -0.15) is 0 Å². The number of hydrogen-bond donors (Lipinski definition) is 0. The zero-order valence-electron chi connectivity index (χ0n) is 14.7. The van der Waals surface area contributed by atoms with E-state index in [4.69, 9.17) is 4.74 Å². The summed E-state index contributed by atoms with van der Waals surface area (Å²) in [5.74, 6) is 3.00. The fraction of sp³-hybridized carbons (Fsp3) is 0.316. The molecule has 1 heterocycles. The minimum atomic E-state index is -0.726. The van der Waals surface area contributed by atoms with Crippen molar-refractivity contribution in [3.8, 4) is 5.75 Å². The number of hydrogen-bond acceptors (Lipinski definition) is 5. The molecule has 0 atom stereocenters. The first-order chi connectivity index (χ1) is 12.1. The lowest BCUT2D eigenvalue weighted by Gasteiger charge is -2.37. The Morgan fingerprint density at radius 2 is 2.00 bits per heavy atom. The molecule has 1 aromatic carbocycles. The molecule has 6 heteroatoms. The van der Waals surface area contributed by atoms with Crippen molar-refractivity contribution in [2.24, 2.45) is 4.99 Å². The minimum Gasteiger partial charge on any atom is -0.497 e. The summed E-state index contributed by atoms with van der Waals surface area (Å²) in [7, 11) is 0.919. The standard InChI is InChI=1S/C19H25N3O2S/c1-5-6-17(20-3)15-22(18-7-9-19(24-4)10-8-18)16(2)21-11-13-25(23)14-12-21/h5-10H,1-3,11-15H2,4H3/b17-6-. The highest BCUT2D eigenvalue weighted by molar-refractivity contribution is 7.85. The van der Waals surface area contributed by atoms with E-state index < -0.39 is 10.8 Å². The third-order valence-electron chi connectivity index (χ3n) is 4.07. The Balaban J connectivity index is 2.28. The fourth-order valence-corrected chi connectivity index (χ4v) is 3.67. The van der Waals surface area contributed by atoms with Gasteiger partial charge in [0.2, 0.25) is 0 Å². The van der Waals surface area contributed by atoms with Gasteiger partial charge in [0.25, 0.3) is 0 Å². The summed E-state index contributed by atoms with van der Waals surface area (Å²) in [5.41, 5.74) is 1.78. The van der Waals surface area contributed by atoms with Gasteiger partial charge in [0.05, 0.1) is 19.4 Å². The first-order valence-electron chi connectivity index (χ1n) is 8.07. The molecule has 1 saturated heterocycles. The van der Waals surface area contributed by atoms with E-state index in [0.29, 0.717) is 18.1 Å². The van der Waals surface area contributed by atoms with Crippen molar-refractivity contribution < 1.29 is 8.95 Å². The van der Waals surface area contributed by atoms with Crippen LogP contribution in [0.25, 0.3) is 0 Å². The van der Waals surface area contributed by atoms with E-state index in [1.807, 2.05) is 30.3 Å². The molecule has 0 radical (unpaired) electrons. The number of ether oxygens (including phenoxy) is 1. The van der Waals surface area contributed by atoms with Crippen molar-refractivity contribution in [2.75, 3.05) is 43.1 Å². The fourth-order valence-electron chi connectivity index (χ4n) is 2.61. The third kappa shape index (κ3) is 5.06. The van der Waals surface area contributed by atoms with E-state index in [2.05, 4.69) is 34.7 Å². The number of allylic oxidation sites excluding steroid dienone is 2. The van der Waals surface area contributed by atoms with Crippen LogP contribution in [0.15, 0.2) is 66.1 Å². The van der Waals surface area contributed by atoms with Gasteiger partial charge in [0.1, 0.15) is 11.6 Å². The smallest absolute Gasteiger partial charge is 0.119 e. The van der Waals surface area contributed by atoms with Crippen LogP contribution in [0.2, 0.25) is 0 Å². The maximum absolute atomic E-state index is 11.6. The SMILES string of the molecule is C=C/C=C(/CN(C(=C)N1CCS(=O)CC1)c1ccc(OC)cc1)N=C. The molecule has 2 rings (SSSR count). The summed E-state index contributed by atoms with van der Waals surface area (Å²) >= 11 is 0. The van der Waals surface area contributed by atoms with Gasteiger partial charge in [-0.3, -0.25) is 9.20 Å². The van der Waals surface area contributed by atoms with Crippen molar-refractivity contribution >= 4 is 23.2 Å². The summed E-state index contributed by atoms with van der Waals surface area (Å²) in [6.07, 6.45) is 3.53. The molecule has 0 N–H and O–H groups in total. The molecule has 0 unspecified atom stereocenters. The molecule has 1 fully saturated rings. The third-order valence-corrected chi connectivity index (χ3v) is 5.35. The van der Waals surface area contributed by atoms with Gasteiger partial charge in [0, 0.05) is 41.1 Å². The Kier molecular flexibility index (Phi) is 7.01. The zero-order chi connectivity index (χ0) is 18.2. The van der Waals surface area contributed by atoms with Gasteiger partial charge in [0.15, 0.2) is 0 Å². The Morgan fingerprint density at radius 1 is 1.36 bits per heavy atom. The van der Waals surface area contributed by atoms with Gasteiger partial charge < -0.3 is 14.5 Å². The summed E-state index contributed by atoms with van der Waals surface area (Å²) in [4.78, 5) is 8.33. The molecule has 134 valence electrons. The number of rotatable bonds is 8. The predicted octanol–water partition coefficient (Wildman–Crippen LogP) is 2.81. The molecule has 0 bridgehead atoms. The van der Waals surface area contributed by atoms with Crippen LogP contribution in [-0.4, -0.2) is 54.1 Å². The topological polar surface area (TPSA) is 45.1 Å². The molecule has 0 spiro atoms. The van der Waals surface area contributed by atoms with Gasteiger partial charge in [-0.15, -0.1) is 0 Å². The van der Waals surface area contributed by atoms with Crippen LogP contribution >= 0.6 is 0 Å². The summed E-state index contributed by atoms with van der Waals surface area (Å²) in [6, 6.07) is 7.81. The molecule has 1 aliphatic heterocycles. The molecule has 1 aromatic rings. The Hall–Kier alpha value is -2.34. The van der Waals surface area contributed by atoms with Crippen LogP contribution in [0, 0.1) is 0 Å². The van der Waals surface area contributed by atoms with Crippen LogP contribution in [0.4, 0.5) is 5.69 Å². The molecule has 0 saturated carbocycles. The summed E-state index contributed by atoms with van der Waals surface area (Å²) in [6.45, 7) is 13.6. The first kappa shape index (κ1) is 19.0. The maximum atomic E-state index is 11.6. The molecular formula is C19H25N3O2S. The van der Waals surface area contributed by atoms with Crippen molar-refractivity contribution in [3.05, 3.63) is 61.1 Å². The van der Waals surface area contributed by atoms with Crippen molar-refractivity contribution in [1.29, 1.82) is 0 Å². The summed E-state index contributed by atoms with van der Waals surface area (Å²) < 4.78 is 16.9. The van der Waals surface area contributed by atoms with Gasteiger partial charge in [-0.05, 0) is 37.1 Å². The monoisotopic (exact) mass is 359 g/mol. The number of methoxy groups -OCH3 is 1. The van der Waals surface area contributed by atoms with E-state index in [0.717, 1.165) is 36.0 Å². The molecule has 25 heavy (non-hydrogen) atoms. The second-order valence-corrected chi connectivity index (χ2v) is 7.28. The molecule has 0 amide bonds. The average molecular weight is 359 g/mol. The Morgan fingerprint density at radius 3 is 2.52 bits per heavy atom. The number of anilines is 1. The quantitative estimate of drug-likeness (QED) is 0.529. The van der Waals surface area contributed by atoms with Crippen LogP contribution in [0.5, 0.6) is 5.75 Å². The van der Waals surface area contributed by atoms with Gasteiger partial charge in [-0.25, -0.2) is 0 Å². The maximum Gasteiger partial charge on any atom is 0.119 e. The highest BCUT2D eigenvalue weighted by atomic mass is 32.2. The lowest BCUT2D eigenvalue weighted by Crippen LogP contribution is -2.43. The van der Waals surface area contributed by atoms with E-state index >= 15 is 0 Å². The van der Waals surface area contributed by atoms with E-state index in [9.17, 15) is 4.21 Å². The highest BCUT2D eigenvalue weighted by Crippen LogP contribution is 2.25. The van der Waals surface area contributed by atoms with Crippen LogP contribution in [0.3, 0.4) is 0 Å².